The minimum atomic E-state index is -0.643. The lowest BCUT2D eigenvalue weighted by Gasteiger charge is -2.01. The summed E-state index contributed by atoms with van der Waals surface area (Å²) in [6.45, 7) is 5.40. The second-order valence-corrected chi connectivity index (χ2v) is 1.90. The van der Waals surface area contributed by atoms with E-state index in [9.17, 15) is 4.79 Å². The van der Waals surface area contributed by atoms with Crippen molar-refractivity contribution in [3.8, 4) is 0 Å². The molecule has 0 N–H and O–H groups in total. The summed E-state index contributed by atoms with van der Waals surface area (Å²) in [5.74, 6) is -0.643. The molecule has 3 nitrogen and oxygen atoms in total. The van der Waals surface area contributed by atoms with Gasteiger partial charge in [-0.05, 0) is 6.92 Å². The molecule has 0 aliphatic carbocycles. The second kappa shape index (κ2) is 5.26. The molecule has 0 atom stereocenters. The lowest BCUT2D eigenvalue weighted by Crippen LogP contribution is -2.07. The highest BCUT2D eigenvalue weighted by atomic mass is 35.5. The SMILES string of the molecule is C=C(Cl)C(=O)OCOCC. The van der Waals surface area contributed by atoms with Crippen LogP contribution < -0.4 is 0 Å². The molecule has 0 rings (SSSR count). The molecule has 0 spiro atoms. The largest absolute Gasteiger partial charge is 0.434 e. The summed E-state index contributed by atoms with van der Waals surface area (Å²) < 4.78 is 9.16. The van der Waals surface area contributed by atoms with Crippen molar-refractivity contribution in [3.05, 3.63) is 11.6 Å². The highest BCUT2D eigenvalue weighted by Gasteiger charge is 2.03. The van der Waals surface area contributed by atoms with Gasteiger partial charge in [0.2, 0.25) is 0 Å². The molecule has 0 aliphatic rings. The van der Waals surface area contributed by atoms with Gasteiger partial charge in [0.1, 0.15) is 5.03 Å². The number of hydrogen-bond donors (Lipinski definition) is 0. The van der Waals surface area contributed by atoms with E-state index in [1.165, 1.54) is 0 Å². The van der Waals surface area contributed by atoms with Gasteiger partial charge in [0.25, 0.3) is 0 Å². The quantitative estimate of drug-likeness (QED) is 0.272. The highest BCUT2D eigenvalue weighted by Crippen LogP contribution is 1.98. The summed E-state index contributed by atoms with van der Waals surface area (Å²) in [7, 11) is 0. The van der Waals surface area contributed by atoms with Crippen LogP contribution in [0.3, 0.4) is 0 Å². The molecular weight excluding hydrogens is 156 g/mol. The third-order valence-corrected chi connectivity index (χ3v) is 0.853. The molecule has 4 heteroatoms. The second-order valence-electron chi connectivity index (χ2n) is 1.45. The summed E-state index contributed by atoms with van der Waals surface area (Å²) in [4.78, 5) is 10.5. The van der Waals surface area contributed by atoms with Gasteiger partial charge < -0.3 is 9.47 Å². The number of hydrogen-bond acceptors (Lipinski definition) is 3. The molecule has 0 unspecified atom stereocenters. The van der Waals surface area contributed by atoms with Crippen molar-refractivity contribution in [2.24, 2.45) is 0 Å². The van der Waals surface area contributed by atoms with Crippen LogP contribution in [0, 0.1) is 0 Å². The van der Waals surface area contributed by atoms with E-state index in [0.29, 0.717) is 6.61 Å². The molecule has 10 heavy (non-hydrogen) atoms. The van der Waals surface area contributed by atoms with Crippen LogP contribution in [0.4, 0.5) is 0 Å². The Labute approximate surface area is 64.6 Å². The van der Waals surface area contributed by atoms with Gasteiger partial charge in [0.15, 0.2) is 6.79 Å². The zero-order valence-corrected chi connectivity index (χ0v) is 6.48. The lowest BCUT2D eigenvalue weighted by molar-refractivity contribution is -0.150. The van der Waals surface area contributed by atoms with E-state index in [1.54, 1.807) is 6.92 Å². The monoisotopic (exact) mass is 164 g/mol. The van der Waals surface area contributed by atoms with Crippen LogP contribution in [0.1, 0.15) is 6.92 Å². The molecule has 0 aromatic carbocycles. The van der Waals surface area contributed by atoms with Crippen molar-refractivity contribution in [1.82, 2.24) is 0 Å². The van der Waals surface area contributed by atoms with E-state index >= 15 is 0 Å². The Morgan fingerprint density at radius 3 is 2.70 bits per heavy atom. The van der Waals surface area contributed by atoms with E-state index in [0.717, 1.165) is 0 Å². The van der Waals surface area contributed by atoms with Gasteiger partial charge >= 0.3 is 5.97 Å². The topological polar surface area (TPSA) is 35.5 Å². The lowest BCUT2D eigenvalue weighted by atomic mass is 10.6. The normalized spacial score (nSPS) is 9.00. The van der Waals surface area contributed by atoms with Crippen LogP contribution in [0.15, 0.2) is 11.6 Å². The first-order chi connectivity index (χ1) is 4.68. The zero-order valence-electron chi connectivity index (χ0n) is 5.72. The maximum Gasteiger partial charge on any atom is 0.351 e. The summed E-state index contributed by atoms with van der Waals surface area (Å²) >= 11 is 5.18. The summed E-state index contributed by atoms with van der Waals surface area (Å²) in [5, 5.41) is -0.139. The maximum atomic E-state index is 10.5. The minimum absolute atomic E-state index is 0.0684. The Hall–Kier alpha value is -0.540. The fraction of sp³-hybridized carbons (Fsp3) is 0.500. The molecule has 0 amide bonds. The standard InChI is InChI=1S/C6H9ClO3/c1-3-9-4-10-6(8)5(2)7/h2-4H2,1H3. The zero-order chi connectivity index (χ0) is 7.98. The molecule has 0 saturated heterocycles. The predicted octanol–water partition coefficient (Wildman–Crippen LogP) is 1.28. The number of ether oxygens (including phenoxy) is 2. The maximum absolute atomic E-state index is 10.5. The summed E-state index contributed by atoms with van der Waals surface area (Å²) in [6.07, 6.45) is 0. The Kier molecular flexibility index (Phi) is 4.98. The molecule has 0 bridgehead atoms. The van der Waals surface area contributed by atoms with Crippen molar-refractivity contribution in [2.75, 3.05) is 13.4 Å². The number of rotatable bonds is 4. The summed E-state index contributed by atoms with van der Waals surface area (Å²) in [5.41, 5.74) is 0. The van der Waals surface area contributed by atoms with Crippen LogP contribution in [0.2, 0.25) is 0 Å². The number of esters is 1. The first-order valence-electron chi connectivity index (χ1n) is 2.77. The van der Waals surface area contributed by atoms with E-state index in [1.807, 2.05) is 0 Å². The molecule has 0 fully saturated rings. The van der Waals surface area contributed by atoms with Gasteiger partial charge in [-0.1, -0.05) is 18.2 Å². The Bertz CT molecular complexity index is 133. The van der Waals surface area contributed by atoms with E-state index in [2.05, 4.69) is 11.3 Å². The summed E-state index contributed by atoms with van der Waals surface area (Å²) in [6, 6.07) is 0. The van der Waals surface area contributed by atoms with Gasteiger partial charge in [0, 0.05) is 6.61 Å². The average Bonchev–Trinajstić information content (AvgIpc) is 1.88. The molecule has 0 saturated carbocycles. The Morgan fingerprint density at radius 1 is 1.70 bits per heavy atom. The van der Waals surface area contributed by atoms with Gasteiger partial charge in [0.05, 0.1) is 0 Å². The van der Waals surface area contributed by atoms with Gasteiger partial charge in [-0.3, -0.25) is 0 Å². The highest BCUT2D eigenvalue weighted by molar-refractivity contribution is 6.40. The van der Waals surface area contributed by atoms with Crippen molar-refractivity contribution in [1.29, 1.82) is 0 Å². The van der Waals surface area contributed by atoms with Crippen molar-refractivity contribution >= 4 is 17.6 Å². The number of halogens is 1. The van der Waals surface area contributed by atoms with E-state index in [-0.39, 0.29) is 11.8 Å². The number of carbonyl (C=O) groups is 1. The first kappa shape index (κ1) is 9.46. The van der Waals surface area contributed by atoms with Gasteiger partial charge in [-0.15, -0.1) is 0 Å². The number of carbonyl (C=O) groups excluding carboxylic acids is 1. The van der Waals surface area contributed by atoms with Crippen molar-refractivity contribution in [3.63, 3.8) is 0 Å². The third kappa shape index (κ3) is 4.35. The predicted molar refractivity (Wildman–Crippen MR) is 37.6 cm³/mol. The molecule has 0 aliphatic heterocycles. The van der Waals surface area contributed by atoms with Gasteiger partial charge in [-0.25, -0.2) is 4.79 Å². The van der Waals surface area contributed by atoms with Crippen LogP contribution in [-0.2, 0) is 14.3 Å². The van der Waals surface area contributed by atoms with E-state index in [4.69, 9.17) is 16.3 Å². The fourth-order valence-electron chi connectivity index (χ4n) is 0.257. The van der Waals surface area contributed by atoms with Crippen LogP contribution in [0.5, 0.6) is 0 Å². The first-order valence-corrected chi connectivity index (χ1v) is 3.15. The van der Waals surface area contributed by atoms with Crippen LogP contribution in [0.25, 0.3) is 0 Å². The molecule has 0 radical (unpaired) electrons. The Balaban J connectivity index is 3.31. The minimum Gasteiger partial charge on any atom is -0.434 e. The van der Waals surface area contributed by atoms with E-state index < -0.39 is 5.97 Å². The fourth-order valence-corrected chi connectivity index (χ4v) is 0.311. The van der Waals surface area contributed by atoms with Crippen molar-refractivity contribution in [2.45, 2.75) is 6.92 Å². The Morgan fingerprint density at radius 2 is 2.30 bits per heavy atom. The molecule has 58 valence electrons. The van der Waals surface area contributed by atoms with Crippen molar-refractivity contribution < 1.29 is 14.3 Å². The van der Waals surface area contributed by atoms with Gasteiger partial charge in [-0.2, -0.15) is 0 Å². The average molecular weight is 165 g/mol. The van der Waals surface area contributed by atoms with Crippen LogP contribution in [-0.4, -0.2) is 19.4 Å². The molecule has 0 aromatic heterocycles. The molecule has 0 heterocycles. The molecular formula is C6H9ClO3. The molecule has 0 aromatic rings. The smallest absolute Gasteiger partial charge is 0.351 e. The third-order valence-electron chi connectivity index (χ3n) is 0.699. The van der Waals surface area contributed by atoms with Crippen LogP contribution >= 0.6 is 11.6 Å².